The Hall–Kier alpha value is -3.18. The lowest BCUT2D eigenvalue weighted by Gasteiger charge is -2.11. The molecule has 0 bridgehead atoms. The van der Waals surface area contributed by atoms with Gasteiger partial charge in [0.25, 0.3) is 11.8 Å². The summed E-state index contributed by atoms with van der Waals surface area (Å²) in [4.78, 5) is 26.5. The van der Waals surface area contributed by atoms with Crippen LogP contribution < -0.4 is 10.6 Å². The lowest BCUT2D eigenvalue weighted by Crippen LogP contribution is -2.30. The topological polar surface area (TPSA) is 58.2 Å². The van der Waals surface area contributed by atoms with E-state index in [1.807, 2.05) is 60.8 Å². The minimum absolute atomic E-state index is 0.207. The molecule has 0 aliphatic rings. The number of nitrogens with one attached hydrogen (secondary N) is 2. The van der Waals surface area contributed by atoms with Crippen LogP contribution in [0, 0.1) is 6.92 Å². The van der Waals surface area contributed by atoms with Gasteiger partial charge >= 0.3 is 0 Å². The molecular weight excluding hydrogens is 392 g/mol. The molecule has 0 unspecified atom stereocenters. The van der Waals surface area contributed by atoms with Crippen LogP contribution >= 0.6 is 11.3 Å². The summed E-state index contributed by atoms with van der Waals surface area (Å²) in [7, 11) is 0. The predicted octanol–water partition coefficient (Wildman–Crippen LogP) is 5.81. The third kappa shape index (κ3) is 6.16. The first-order chi connectivity index (χ1) is 14.5. The number of unbranched alkanes of at least 4 members (excludes halogenated alkanes) is 1. The van der Waals surface area contributed by atoms with Crippen molar-refractivity contribution in [2.45, 2.75) is 33.1 Å². The second kappa shape index (κ2) is 10.6. The van der Waals surface area contributed by atoms with Gasteiger partial charge in [-0.2, -0.15) is 0 Å². The number of hydrogen-bond acceptors (Lipinski definition) is 3. The first-order valence-corrected chi connectivity index (χ1v) is 11.0. The van der Waals surface area contributed by atoms with Crippen molar-refractivity contribution in [1.29, 1.82) is 0 Å². The summed E-state index contributed by atoms with van der Waals surface area (Å²) >= 11 is 1.50. The summed E-state index contributed by atoms with van der Waals surface area (Å²) in [5.74, 6) is -0.673. The van der Waals surface area contributed by atoms with Gasteiger partial charge in [-0.1, -0.05) is 49.2 Å². The lowest BCUT2D eigenvalue weighted by molar-refractivity contribution is -0.113. The zero-order chi connectivity index (χ0) is 21.3. The Kier molecular flexibility index (Phi) is 7.57. The molecule has 4 nitrogen and oxygen atoms in total. The van der Waals surface area contributed by atoms with Gasteiger partial charge in [-0.15, -0.1) is 11.3 Å². The molecule has 1 heterocycles. The summed E-state index contributed by atoms with van der Waals surface area (Å²) in [6.07, 6.45) is 5.02. The first-order valence-electron chi connectivity index (χ1n) is 10.1. The zero-order valence-corrected chi connectivity index (χ0v) is 18.1. The molecule has 2 amide bonds. The molecule has 0 aliphatic carbocycles. The molecule has 0 radical (unpaired) electrons. The maximum absolute atomic E-state index is 12.9. The molecule has 0 spiro atoms. The number of aryl methyl sites for hydroxylation is 2. The van der Waals surface area contributed by atoms with Crippen LogP contribution in [-0.2, 0) is 11.2 Å². The van der Waals surface area contributed by atoms with Crippen LogP contribution in [0.4, 0.5) is 5.69 Å². The molecule has 2 aromatic carbocycles. The fourth-order valence-corrected chi connectivity index (χ4v) is 3.56. The van der Waals surface area contributed by atoms with Crippen molar-refractivity contribution in [2.24, 2.45) is 0 Å². The van der Waals surface area contributed by atoms with Crippen LogP contribution in [0.1, 0.15) is 46.1 Å². The molecular formula is C25H26N2O2S. The Balaban J connectivity index is 1.75. The summed E-state index contributed by atoms with van der Waals surface area (Å²) in [6.45, 7) is 4.13. The van der Waals surface area contributed by atoms with Gasteiger partial charge in [-0.05, 0) is 67.1 Å². The van der Waals surface area contributed by atoms with E-state index in [0.29, 0.717) is 11.3 Å². The Bertz CT molecular complexity index is 1000. The number of benzene rings is 2. The molecule has 0 aliphatic heterocycles. The highest BCUT2D eigenvalue weighted by Gasteiger charge is 2.15. The van der Waals surface area contributed by atoms with E-state index in [9.17, 15) is 9.59 Å². The highest BCUT2D eigenvalue weighted by molar-refractivity contribution is 7.10. The molecule has 1 aromatic heterocycles. The van der Waals surface area contributed by atoms with Crippen molar-refractivity contribution in [2.75, 3.05) is 5.32 Å². The highest BCUT2D eigenvalue weighted by Crippen LogP contribution is 2.16. The SMILES string of the molecule is CCCCc1ccc(NC(=O)/C(=C/c2cccs2)NC(=O)c2ccc(C)cc2)cc1. The molecule has 3 aromatic rings. The van der Waals surface area contributed by atoms with E-state index in [-0.39, 0.29) is 17.5 Å². The van der Waals surface area contributed by atoms with E-state index in [4.69, 9.17) is 0 Å². The Morgan fingerprint density at radius 3 is 2.37 bits per heavy atom. The molecule has 2 N–H and O–H groups in total. The normalized spacial score (nSPS) is 11.2. The molecule has 154 valence electrons. The summed E-state index contributed by atoms with van der Waals surface area (Å²) < 4.78 is 0. The second-order valence-electron chi connectivity index (χ2n) is 7.15. The Morgan fingerprint density at radius 2 is 1.73 bits per heavy atom. The number of carbonyl (C=O) groups is 2. The van der Waals surface area contributed by atoms with Crippen molar-refractivity contribution in [1.82, 2.24) is 5.32 Å². The van der Waals surface area contributed by atoms with Gasteiger partial charge in [0.1, 0.15) is 5.70 Å². The number of carbonyl (C=O) groups excluding carboxylic acids is 2. The van der Waals surface area contributed by atoms with E-state index in [2.05, 4.69) is 17.6 Å². The largest absolute Gasteiger partial charge is 0.321 e. The number of anilines is 1. The van der Waals surface area contributed by atoms with Gasteiger partial charge < -0.3 is 10.6 Å². The Labute approximate surface area is 181 Å². The Morgan fingerprint density at radius 1 is 1.00 bits per heavy atom. The maximum Gasteiger partial charge on any atom is 0.272 e. The van der Waals surface area contributed by atoms with Crippen LogP contribution in [0.3, 0.4) is 0 Å². The van der Waals surface area contributed by atoms with E-state index in [1.54, 1.807) is 18.2 Å². The van der Waals surface area contributed by atoms with Crippen molar-refractivity contribution >= 4 is 34.9 Å². The first kappa shape index (κ1) is 21.5. The van der Waals surface area contributed by atoms with E-state index >= 15 is 0 Å². The van der Waals surface area contributed by atoms with E-state index < -0.39 is 0 Å². The summed E-state index contributed by atoms with van der Waals surface area (Å²) in [6, 6.07) is 18.9. The summed E-state index contributed by atoms with van der Waals surface area (Å²) in [5.41, 5.74) is 3.73. The van der Waals surface area contributed by atoms with Crippen molar-refractivity contribution in [3.63, 3.8) is 0 Å². The number of hydrogen-bond donors (Lipinski definition) is 2. The monoisotopic (exact) mass is 418 g/mol. The van der Waals surface area contributed by atoms with Crippen molar-refractivity contribution < 1.29 is 9.59 Å². The average Bonchev–Trinajstić information content (AvgIpc) is 3.26. The van der Waals surface area contributed by atoms with E-state index in [1.165, 1.54) is 16.9 Å². The lowest BCUT2D eigenvalue weighted by atomic mass is 10.1. The van der Waals surface area contributed by atoms with Crippen LogP contribution in [0.25, 0.3) is 6.08 Å². The van der Waals surface area contributed by atoms with E-state index in [0.717, 1.165) is 29.7 Å². The standard InChI is InChI=1S/C25H26N2O2S/c1-3-4-6-19-10-14-21(15-11-19)26-25(29)23(17-22-7-5-16-30-22)27-24(28)20-12-8-18(2)9-13-20/h5,7-17H,3-4,6H2,1-2H3,(H,26,29)(H,27,28)/b23-17-. The highest BCUT2D eigenvalue weighted by atomic mass is 32.1. The zero-order valence-electron chi connectivity index (χ0n) is 17.3. The molecule has 0 fully saturated rings. The van der Waals surface area contributed by atoms with Gasteiger partial charge in [0.05, 0.1) is 0 Å². The molecule has 0 saturated heterocycles. The third-order valence-electron chi connectivity index (χ3n) is 4.67. The quantitative estimate of drug-likeness (QED) is 0.454. The fraction of sp³-hybridized carbons (Fsp3) is 0.200. The van der Waals surface area contributed by atoms with Crippen LogP contribution in [0.15, 0.2) is 71.7 Å². The molecule has 30 heavy (non-hydrogen) atoms. The van der Waals surface area contributed by atoms with Gasteiger partial charge in [0.15, 0.2) is 0 Å². The molecule has 0 atom stereocenters. The second-order valence-corrected chi connectivity index (χ2v) is 8.13. The van der Waals surface area contributed by atoms with Crippen molar-refractivity contribution in [3.8, 4) is 0 Å². The maximum atomic E-state index is 12.9. The van der Waals surface area contributed by atoms with Crippen LogP contribution in [0.2, 0.25) is 0 Å². The smallest absolute Gasteiger partial charge is 0.272 e. The number of amides is 2. The number of thiophene rings is 1. The van der Waals surface area contributed by atoms with Crippen LogP contribution in [0.5, 0.6) is 0 Å². The summed E-state index contributed by atoms with van der Waals surface area (Å²) in [5, 5.41) is 7.58. The predicted molar refractivity (Wildman–Crippen MR) is 125 cm³/mol. The third-order valence-corrected chi connectivity index (χ3v) is 5.49. The molecule has 5 heteroatoms. The van der Waals surface area contributed by atoms with Gasteiger partial charge in [-0.25, -0.2) is 0 Å². The fourth-order valence-electron chi connectivity index (χ4n) is 2.91. The molecule has 3 rings (SSSR count). The van der Waals surface area contributed by atoms with Crippen molar-refractivity contribution in [3.05, 3.63) is 93.3 Å². The average molecular weight is 419 g/mol. The van der Waals surface area contributed by atoms with Gasteiger partial charge in [0, 0.05) is 16.1 Å². The molecule has 0 saturated carbocycles. The minimum atomic E-state index is -0.356. The minimum Gasteiger partial charge on any atom is -0.321 e. The number of rotatable bonds is 8. The van der Waals surface area contributed by atoms with Crippen LogP contribution in [-0.4, -0.2) is 11.8 Å². The van der Waals surface area contributed by atoms with Gasteiger partial charge in [0.2, 0.25) is 0 Å². The van der Waals surface area contributed by atoms with Gasteiger partial charge in [-0.3, -0.25) is 9.59 Å².